The Balaban J connectivity index is 2.79. The van der Waals surface area contributed by atoms with Crippen LogP contribution in [0.3, 0.4) is 0 Å². The highest BCUT2D eigenvalue weighted by Gasteiger charge is 2.54. The van der Waals surface area contributed by atoms with Crippen LogP contribution >= 0.6 is 47.0 Å². The monoisotopic (exact) mass is 422 g/mol. The smallest absolute Gasteiger partial charge is 0.114 e. The predicted molar refractivity (Wildman–Crippen MR) is 129 cm³/mol. The van der Waals surface area contributed by atoms with E-state index in [1.165, 1.54) is 11.1 Å². The molecule has 0 nitrogen and oxygen atoms in total. The van der Waals surface area contributed by atoms with Gasteiger partial charge in [0, 0.05) is 0 Å². The molecule has 0 aliphatic heterocycles. The first-order valence-electron chi connectivity index (χ1n) is 9.37. The fraction of sp³-hybridized carbons (Fsp3) is 0.455. The van der Waals surface area contributed by atoms with Crippen LogP contribution in [0, 0.1) is 0 Å². The highest BCUT2D eigenvalue weighted by molar-refractivity contribution is 8.24. The second-order valence-corrected chi connectivity index (χ2v) is 12.1. The quantitative estimate of drug-likeness (QED) is 0.340. The summed E-state index contributed by atoms with van der Waals surface area (Å²) in [5.41, 5.74) is 2.87. The van der Waals surface area contributed by atoms with Crippen molar-refractivity contribution in [2.45, 2.75) is 35.9 Å². The van der Waals surface area contributed by atoms with Gasteiger partial charge in [0.25, 0.3) is 0 Å². The number of benzene rings is 2. The Labute approximate surface area is 177 Å². The molecule has 0 N–H and O–H groups in total. The van der Waals surface area contributed by atoms with Crippen LogP contribution in [0.1, 0.15) is 38.8 Å². The maximum absolute atomic E-state index is 2.33. The van der Waals surface area contributed by atoms with Crippen LogP contribution < -0.4 is 0 Å². The van der Waals surface area contributed by atoms with Gasteiger partial charge in [0.1, 0.15) is 8.16 Å². The molecule has 26 heavy (non-hydrogen) atoms. The number of hydrogen-bond acceptors (Lipinski definition) is 4. The van der Waals surface area contributed by atoms with Crippen LogP contribution in [-0.4, -0.2) is 23.0 Å². The zero-order chi connectivity index (χ0) is 18.9. The normalized spacial score (nSPS) is 12.3. The van der Waals surface area contributed by atoms with Crippen LogP contribution in [0.5, 0.6) is 0 Å². The number of rotatable bonds is 11. The second kappa shape index (κ2) is 11.0. The van der Waals surface area contributed by atoms with Gasteiger partial charge >= 0.3 is 0 Å². The molecule has 0 saturated heterocycles. The van der Waals surface area contributed by atoms with E-state index in [0.717, 1.165) is 23.0 Å². The minimum Gasteiger partial charge on any atom is -0.137 e. The Kier molecular flexibility index (Phi) is 9.36. The van der Waals surface area contributed by atoms with Crippen molar-refractivity contribution in [1.82, 2.24) is 0 Å². The molecule has 0 heterocycles. The molecule has 0 aliphatic carbocycles. The third-order valence-electron chi connectivity index (χ3n) is 4.13. The lowest BCUT2D eigenvalue weighted by Gasteiger charge is -2.49. The van der Waals surface area contributed by atoms with Crippen molar-refractivity contribution < 1.29 is 0 Å². The van der Waals surface area contributed by atoms with E-state index >= 15 is 0 Å². The standard InChI is InChI=1S/C22H30S4/c1-5-23-21(24-6-2,19-15-11-9-12-16-19)22(25-7-3,26-8-4)20-17-13-10-14-18-20/h9-18H,5-8H2,1-4H3. The van der Waals surface area contributed by atoms with Crippen molar-refractivity contribution in [2.75, 3.05) is 23.0 Å². The lowest BCUT2D eigenvalue weighted by Crippen LogP contribution is -2.41. The Morgan fingerprint density at radius 3 is 1.00 bits per heavy atom. The summed E-state index contributed by atoms with van der Waals surface area (Å²) in [5, 5.41) is 0. The summed E-state index contributed by atoms with van der Waals surface area (Å²) >= 11 is 8.42. The molecule has 0 atom stereocenters. The summed E-state index contributed by atoms with van der Waals surface area (Å²) in [6.07, 6.45) is 0. The van der Waals surface area contributed by atoms with Gasteiger partial charge in [0.2, 0.25) is 0 Å². The summed E-state index contributed by atoms with van der Waals surface area (Å²) in [6, 6.07) is 22.4. The van der Waals surface area contributed by atoms with E-state index in [1.807, 2.05) is 0 Å². The van der Waals surface area contributed by atoms with Gasteiger partial charge in [-0.15, -0.1) is 47.0 Å². The van der Waals surface area contributed by atoms with E-state index in [1.54, 1.807) is 0 Å². The molecule has 0 spiro atoms. The molecule has 2 rings (SSSR count). The first kappa shape index (κ1) is 22.1. The Morgan fingerprint density at radius 2 is 0.769 bits per heavy atom. The maximum Gasteiger partial charge on any atom is 0.114 e. The van der Waals surface area contributed by atoms with E-state index in [9.17, 15) is 0 Å². The average Bonchev–Trinajstić information content (AvgIpc) is 2.69. The number of hydrogen-bond donors (Lipinski definition) is 0. The highest BCUT2D eigenvalue weighted by atomic mass is 32.2. The van der Waals surface area contributed by atoms with E-state index in [4.69, 9.17) is 0 Å². The van der Waals surface area contributed by atoms with Crippen LogP contribution in [0.25, 0.3) is 0 Å². The van der Waals surface area contributed by atoms with Gasteiger partial charge in [-0.25, -0.2) is 0 Å². The molecular weight excluding hydrogens is 393 g/mol. The molecule has 4 heteroatoms. The average molecular weight is 423 g/mol. The molecule has 0 bridgehead atoms. The molecule has 142 valence electrons. The number of thioether (sulfide) groups is 4. The van der Waals surface area contributed by atoms with Crippen LogP contribution in [0.15, 0.2) is 60.7 Å². The van der Waals surface area contributed by atoms with Crippen LogP contribution in [0.4, 0.5) is 0 Å². The SMILES string of the molecule is CCSC(SCC)(c1ccccc1)C(SCC)(SCC)c1ccccc1. The van der Waals surface area contributed by atoms with E-state index in [0.29, 0.717) is 0 Å². The van der Waals surface area contributed by atoms with Gasteiger partial charge < -0.3 is 0 Å². The van der Waals surface area contributed by atoms with E-state index in [-0.39, 0.29) is 8.16 Å². The van der Waals surface area contributed by atoms with Gasteiger partial charge in [-0.1, -0.05) is 88.4 Å². The van der Waals surface area contributed by atoms with Crippen molar-refractivity contribution in [3.05, 3.63) is 71.8 Å². The van der Waals surface area contributed by atoms with Gasteiger partial charge in [0.15, 0.2) is 0 Å². The molecule has 0 radical (unpaired) electrons. The molecule has 0 aromatic heterocycles. The molecule has 2 aromatic rings. The van der Waals surface area contributed by atoms with Crippen molar-refractivity contribution in [2.24, 2.45) is 0 Å². The Hall–Kier alpha value is -0.160. The minimum atomic E-state index is -0.0273. The zero-order valence-electron chi connectivity index (χ0n) is 16.2. The van der Waals surface area contributed by atoms with E-state index < -0.39 is 0 Å². The van der Waals surface area contributed by atoms with Gasteiger partial charge in [-0.3, -0.25) is 0 Å². The third kappa shape index (κ3) is 4.45. The Morgan fingerprint density at radius 1 is 0.500 bits per heavy atom. The first-order valence-corrected chi connectivity index (χ1v) is 13.3. The first-order chi connectivity index (χ1) is 12.7. The molecule has 0 aliphatic rings. The maximum atomic E-state index is 2.33. The molecule has 0 saturated carbocycles. The van der Waals surface area contributed by atoms with E-state index in [2.05, 4.69) is 135 Å². The van der Waals surface area contributed by atoms with Gasteiger partial charge in [-0.05, 0) is 34.1 Å². The molecular formula is C22H30S4. The molecule has 0 unspecified atom stereocenters. The van der Waals surface area contributed by atoms with Crippen molar-refractivity contribution >= 4 is 47.0 Å². The van der Waals surface area contributed by atoms with Gasteiger partial charge in [0.05, 0.1) is 0 Å². The molecule has 0 amide bonds. The molecule has 2 aromatic carbocycles. The lowest BCUT2D eigenvalue weighted by atomic mass is 10.0. The lowest BCUT2D eigenvalue weighted by molar-refractivity contribution is 0.781. The summed E-state index contributed by atoms with van der Waals surface area (Å²) in [5.74, 6) is 4.41. The fourth-order valence-corrected chi connectivity index (χ4v) is 10.9. The van der Waals surface area contributed by atoms with Gasteiger partial charge in [-0.2, -0.15) is 0 Å². The van der Waals surface area contributed by atoms with Crippen LogP contribution in [-0.2, 0) is 8.16 Å². The summed E-state index contributed by atoms with van der Waals surface area (Å²) in [4.78, 5) is 0. The van der Waals surface area contributed by atoms with Crippen LogP contribution in [0.2, 0.25) is 0 Å². The summed E-state index contributed by atoms with van der Waals surface area (Å²) in [7, 11) is 0. The zero-order valence-corrected chi connectivity index (χ0v) is 19.5. The molecule has 0 fully saturated rings. The van der Waals surface area contributed by atoms with Crippen molar-refractivity contribution in [3.8, 4) is 0 Å². The summed E-state index contributed by atoms with van der Waals surface area (Å²) in [6.45, 7) is 9.17. The minimum absolute atomic E-state index is 0.0273. The third-order valence-corrected chi connectivity index (χ3v) is 11.0. The fourth-order valence-electron chi connectivity index (χ4n) is 3.30. The largest absolute Gasteiger partial charge is 0.137 e. The summed E-state index contributed by atoms with van der Waals surface area (Å²) < 4.78 is -0.0546. The second-order valence-electron chi connectivity index (χ2n) is 5.70. The van der Waals surface area contributed by atoms with Crippen molar-refractivity contribution in [1.29, 1.82) is 0 Å². The predicted octanol–water partition coefficient (Wildman–Crippen LogP) is 7.70. The highest BCUT2D eigenvalue weighted by Crippen LogP contribution is 2.68. The van der Waals surface area contributed by atoms with Crippen molar-refractivity contribution in [3.63, 3.8) is 0 Å². The Bertz CT molecular complexity index is 558. The topological polar surface area (TPSA) is 0 Å².